The highest BCUT2D eigenvalue weighted by Crippen LogP contribution is 2.13. The minimum absolute atomic E-state index is 0.183. The Morgan fingerprint density at radius 3 is 2.55 bits per heavy atom. The maximum absolute atomic E-state index is 10.9. The number of carboxylic acid groups (broad SMARTS) is 1. The molecule has 1 amide bonds. The summed E-state index contributed by atoms with van der Waals surface area (Å²) in [6, 6.07) is 3.51. The van der Waals surface area contributed by atoms with Crippen molar-refractivity contribution >= 4 is 17.7 Å². The molecule has 0 bridgehead atoms. The average molecular weight is 279 g/mol. The molecular formula is C14H21N3O3. The van der Waals surface area contributed by atoms with Crippen LogP contribution >= 0.6 is 0 Å². The number of anilines is 1. The monoisotopic (exact) mass is 279 g/mol. The smallest absolute Gasteiger partial charge is 0.306 e. The van der Waals surface area contributed by atoms with Crippen molar-refractivity contribution in [1.82, 2.24) is 4.98 Å². The van der Waals surface area contributed by atoms with Gasteiger partial charge in [-0.2, -0.15) is 0 Å². The molecule has 0 radical (unpaired) electrons. The summed E-state index contributed by atoms with van der Waals surface area (Å²) >= 11 is 0. The fourth-order valence-electron chi connectivity index (χ4n) is 1.80. The average Bonchev–Trinajstić information content (AvgIpc) is 2.39. The Balaban J connectivity index is 2.36. The van der Waals surface area contributed by atoms with Gasteiger partial charge in [0.1, 0.15) is 5.82 Å². The van der Waals surface area contributed by atoms with Crippen LogP contribution in [-0.4, -0.2) is 28.0 Å². The molecule has 1 aromatic rings. The molecule has 0 aliphatic rings. The van der Waals surface area contributed by atoms with Crippen molar-refractivity contribution in [1.29, 1.82) is 0 Å². The number of nitrogens with zero attached hydrogens (tertiary/aromatic N) is 1. The third-order valence-electron chi connectivity index (χ3n) is 3.14. The molecule has 6 nitrogen and oxygen atoms in total. The second-order valence-corrected chi connectivity index (χ2v) is 5.01. The SMILES string of the molecule is CC(CCCC(C)C(=O)O)Nc1ccc(C(N)=O)cn1. The number of aliphatic carboxylic acids is 1. The molecule has 1 aromatic heterocycles. The molecule has 6 heteroatoms. The molecule has 2 atom stereocenters. The highest BCUT2D eigenvalue weighted by atomic mass is 16.4. The molecule has 4 N–H and O–H groups in total. The zero-order valence-electron chi connectivity index (χ0n) is 11.8. The molecule has 2 unspecified atom stereocenters. The molecule has 20 heavy (non-hydrogen) atoms. The van der Waals surface area contributed by atoms with E-state index in [1.165, 1.54) is 6.20 Å². The molecule has 110 valence electrons. The molecule has 0 saturated heterocycles. The maximum atomic E-state index is 10.9. The number of aromatic nitrogens is 1. The van der Waals surface area contributed by atoms with E-state index in [-0.39, 0.29) is 12.0 Å². The van der Waals surface area contributed by atoms with E-state index in [4.69, 9.17) is 10.8 Å². The van der Waals surface area contributed by atoms with Crippen molar-refractivity contribution in [2.45, 2.75) is 39.2 Å². The van der Waals surface area contributed by atoms with Gasteiger partial charge >= 0.3 is 5.97 Å². The van der Waals surface area contributed by atoms with Gasteiger partial charge in [0, 0.05) is 12.2 Å². The number of nitrogens with one attached hydrogen (secondary N) is 1. The molecule has 0 aliphatic heterocycles. The summed E-state index contributed by atoms with van der Waals surface area (Å²) in [6.07, 6.45) is 3.79. The fourth-order valence-corrected chi connectivity index (χ4v) is 1.80. The van der Waals surface area contributed by atoms with Crippen LogP contribution in [0.4, 0.5) is 5.82 Å². The zero-order valence-corrected chi connectivity index (χ0v) is 11.8. The molecule has 1 heterocycles. The van der Waals surface area contributed by atoms with Gasteiger partial charge in [-0.15, -0.1) is 0 Å². The Morgan fingerprint density at radius 2 is 2.05 bits per heavy atom. The van der Waals surface area contributed by atoms with Crippen molar-refractivity contribution in [3.05, 3.63) is 23.9 Å². The van der Waals surface area contributed by atoms with Crippen LogP contribution in [0.2, 0.25) is 0 Å². The minimum Gasteiger partial charge on any atom is -0.481 e. The summed E-state index contributed by atoms with van der Waals surface area (Å²) in [5.74, 6) is -0.891. The van der Waals surface area contributed by atoms with Crippen LogP contribution in [0, 0.1) is 5.92 Å². The van der Waals surface area contributed by atoms with Gasteiger partial charge in [-0.25, -0.2) is 4.98 Å². The molecular weight excluding hydrogens is 258 g/mol. The molecule has 0 aromatic carbocycles. The molecule has 0 fully saturated rings. The number of hydrogen-bond acceptors (Lipinski definition) is 4. The van der Waals surface area contributed by atoms with Gasteiger partial charge in [0.15, 0.2) is 0 Å². The number of hydrogen-bond donors (Lipinski definition) is 3. The van der Waals surface area contributed by atoms with Crippen LogP contribution in [0.25, 0.3) is 0 Å². The van der Waals surface area contributed by atoms with E-state index in [0.717, 1.165) is 12.8 Å². The third kappa shape index (κ3) is 5.26. The largest absolute Gasteiger partial charge is 0.481 e. The normalized spacial score (nSPS) is 13.5. The third-order valence-corrected chi connectivity index (χ3v) is 3.14. The number of rotatable bonds is 8. The van der Waals surface area contributed by atoms with Crippen LogP contribution < -0.4 is 11.1 Å². The van der Waals surface area contributed by atoms with Crippen molar-refractivity contribution in [2.75, 3.05) is 5.32 Å². The summed E-state index contributed by atoms with van der Waals surface area (Å²) < 4.78 is 0. The van der Waals surface area contributed by atoms with Gasteiger partial charge in [-0.1, -0.05) is 13.3 Å². The summed E-state index contributed by atoms with van der Waals surface area (Å²) in [4.78, 5) is 25.7. The summed E-state index contributed by atoms with van der Waals surface area (Å²) in [5.41, 5.74) is 5.51. The first-order valence-electron chi connectivity index (χ1n) is 6.65. The summed E-state index contributed by atoms with van der Waals surface area (Å²) in [6.45, 7) is 3.72. The second kappa shape index (κ2) is 7.47. The second-order valence-electron chi connectivity index (χ2n) is 5.01. The lowest BCUT2D eigenvalue weighted by Gasteiger charge is -2.15. The van der Waals surface area contributed by atoms with Gasteiger partial charge < -0.3 is 16.2 Å². The fraction of sp³-hybridized carbons (Fsp3) is 0.500. The van der Waals surface area contributed by atoms with Gasteiger partial charge in [0.2, 0.25) is 5.91 Å². The number of carboxylic acids is 1. The van der Waals surface area contributed by atoms with Crippen molar-refractivity contribution < 1.29 is 14.7 Å². The lowest BCUT2D eigenvalue weighted by atomic mass is 10.0. The van der Waals surface area contributed by atoms with Crippen LogP contribution in [0.1, 0.15) is 43.5 Å². The van der Waals surface area contributed by atoms with Crippen molar-refractivity contribution in [3.63, 3.8) is 0 Å². The Morgan fingerprint density at radius 1 is 1.35 bits per heavy atom. The standard InChI is InChI=1S/C14H21N3O3/c1-9(14(19)20)4-3-5-10(2)17-12-7-6-11(8-16-12)13(15)18/h6-10H,3-5H2,1-2H3,(H2,15,18)(H,16,17)(H,19,20). The first-order chi connectivity index (χ1) is 9.40. The summed E-state index contributed by atoms with van der Waals surface area (Å²) in [5, 5.41) is 12.0. The molecule has 0 spiro atoms. The minimum atomic E-state index is -0.755. The van der Waals surface area contributed by atoms with E-state index < -0.39 is 11.9 Å². The number of carbonyl (C=O) groups is 2. The molecule has 0 saturated carbocycles. The summed E-state index contributed by atoms with van der Waals surface area (Å²) in [7, 11) is 0. The number of nitrogens with two attached hydrogens (primary N) is 1. The number of primary amides is 1. The topological polar surface area (TPSA) is 105 Å². The van der Waals surface area contributed by atoms with Crippen LogP contribution in [0.5, 0.6) is 0 Å². The Kier molecular flexibility index (Phi) is 5.96. The van der Waals surface area contributed by atoms with Crippen LogP contribution in [0.15, 0.2) is 18.3 Å². The Labute approximate surface area is 118 Å². The van der Waals surface area contributed by atoms with E-state index in [0.29, 0.717) is 17.8 Å². The Hall–Kier alpha value is -2.11. The van der Waals surface area contributed by atoms with Crippen LogP contribution in [-0.2, 0) is 4.79 Å². The van der Waals surface area contributed by atoms with Gasteiger partial charge in [0.05, 0.1) is 11.5 Å². The van der Waals surface area contributed by atoms with Crippen molar-refractivity contribution in [3.8, 4) is 0 Å². The maximum Gasteiger partial charge on any atom is 0.306 e. The lowest BCUT2D eigenvalue weighted by molar-refractivity contribution is -0.141. The van der Waals surface area contributed by atoms with Gasteiger partial charge in [-0.3, -0.25) is 9.59 Å². The number of amides is 1. The van der Waals surface area contributed by atoms with Crippen molar-refractivity contribution in [2.24, 2.45) is 11.7 Å². The predicted molar refractivity (Wildman–Crippen MR) is 76.5 cm³/mol. The van der Waals surface area contributed by atoms with Gasteiger partial charge in [0.25, 0.3) is 0 Å². The van der Waals surface area contributed by atoms with E-state index in [1.54, 1.807) is 19.1 Å². The molecule has 1 rings (SSSR count). The van der Waals surface area contributed by atoms with Crippen LogP contribution in [0.3, 0.4) is 0 Å². The van der Waals surface area contributed by atoms with E-state index in [9.17, 15) is 9.59 Å². The first kappa shape index (κ1) is 15.9. The molecule has 0 aliphatic carbocycles. The van der Waals surface area contributed by atoms with E-state index >= 15 is 0 Å². The first-order valence-corrected chi connectivity index (χ1v) is 6.65. The van der Waals surface area contributed by atoms with Gasteiger partial charge in [-0.05, 0) is 31.9 Å². The van der Waals surface area contributed by atoms with E-state index in [2.05, 4.69) is 10.3 Å². The predicted octanol–water partition coefficient (Wildman–Crippen LogP) is 1.87. The zero-order chi connectivity index (χ0) is 15.1. The highest BCUT2D eigenvalue weighted by Gasteiger charge is 2.11. The number of carbonyl (C=O) groups excluding carboxylic acids is 1. The number of pyridine rings is 1. The highest BCUT2D eigenvalue weighted by molar-refractivity contribution is 5.92. The lowest BCUT2D eigenvalue weighted by Crippen LogP contribution is -2.18. The Bertz CT molecular complexity index is 459. The quantitative estimate of drug-likeness (QED) is 0.673. The van der Waals surface area contributed by atoms with E-state index in [1.807, 2.05) is 6.92 Å².